The molecule has 3 amide bonds. The molecule has 0 unspecified atom stereocenters. The molecule has 5 aliphatic rings. The Bertz CT molecular complexity index is 1070. The zero-order valence-electron chi connectivity index (χ0n) is 24.4. The second-order valence-corrected chi connectivity index (χ2v) is 15.2. The van der Waals surface area contributed by atoms with Crippen molar-refractivity contribution in [2.24, 2.45) is 39.4 Å². The molecule has 6 nitrogen and oxygen atoms in total. The van der Waals surface area contributed by atoms with Crippen molar-refractivity contribution in [3.05, 3.63) is 11.6 Å². The van der Waals surface area contributed by atoms with Gasteiger partial charge >= 0.3 is 6.03 Å². The van der Waals surface area contributed by atoms with Gasteiger partial charge < -0.3 is 16.0 Å². The maximum atomic E-state index is 14.4. The number of hydrogen-bond acceptors (Lipinski definition) is 3. The Balaban J connectivity index is 1.59. The van der Waals surface area contributed by atoms with Gasteiger partial charge in [0.05, 0.1) is 0 Å². The number of carbonyl (C=O) groups is 3. The molecule has 206 valence electrons. The van der Waals surface area contributed by atoms with Crippen molar-refractivity contribution in [2.45, 2.75) is 117 Å². The van der Waals surface area contributed by atoms with Crippen LogP contribution in [0.2, 0.25) is 0 Å². The summed E-state index contributed by atoms with van der Waals surface area (Å²) in [7, 11) is 1.67. The zero-order chi connectivity index (χ0) is 27.2. The number of allylic oxidation sites excluding steroid dienone is 2. The highest BCUT2D eigenvalue weighted by molar-refractivity contribution is 5.96. The highest BCUT2D eigenvalue weighted by Gasteiger charge is 2.69. The van der Waals surface area contributed by atoms with E-state index in [0.29, 0.717) is 6.42 Å². The van der Waals surface area contributed by atoms with Crippen LogP contribution in [0.1, 0.15) is 106 Å². The number of fused-ring (bicyclic) bond motifs is 7. The number of hydrogen-bond donors (Lipinski definition) is 3. The van der Waals surface area contributed by atoms with E-state index in [1.807, 2.05) is 0 Å². The lowest BCUT2D eigenvalue weighted by Crippen LogP contribution is -2.66. The van der Waals surface area contributed by atoms with Crippen molar-refractivity contribution in [1.29, 1.82) is 0 Å². The van der Waals surface area contributed by atoms with Crippen LogP contribution in [0.25, 0.3) is 0 Å². The van der Waals surface area contributed by atoms with Crippen LogP contribution < -0.4 is 16.0 Å². The van der Waals surface area contributed by atoms with Gasteiger partial charge in [-0.2, -0.15) is 0 Å². The van der Waals surface area contributed by atoms with E-state index >= 15 is 0 Å². The van der Waals surface area contributed by atoms with Crippen molar-refractivity contribution < 1.29 is 14.4 Å². The number of carbonyl (C=O) groups excluding carboxylic acids is 3. The molecule has 5 rings (SSSR count). The number of nitrogens with one attached hydrogen (secondary N) is 3. The van der Waals surface area contributed by atoms with Gasteiger partial charge in [-0.1, -0.05) is 33.3 Å². The lowest BCUT2D eigenvalue weighted by molar-refractivity contribution is -0.169. The van der Waals surface area contributed by atoms with Gasteiger partial charge in [0.25, 0.3) is 0 Å². The van der Waals surface area contributed by atoms with Crippen LogP contribution in [0, 0.1) is 39.4 Å². The second kappa shape index (κ2) is 8.08. The Labute approximate surface area is 223 Å². The molecule has 0 aromatic carbocycles. The van der Waals surface area contributed by atoms with E-state index in [1.54, 1.807) is 7.05 Å². The molecule has 4 fully saturated rings. The summed E-state index contributed by atoms with van der Waals surface area (Å²) in [5.41, 5.74) is 0.455. The average Bonchev–Trinajstić information content (AvgIpc) is 2.88. The highest BCUT2D eigenvalue weighted by Crippen LogP contribution is 2.73. The predicted octanol–water partition coefficient (Wildman–Crippen LogP) is 5.52. The summed E-state index contributed by atoms with van der Waals surface area (Å²) in [5.74, 6) is 0.872. The van der Waals surface area contributed by atoms with Crippen molar-refractivity contribution in [3.63, 3.8) is 0 Å². The molecular weight excluding hydrogens is 462 g/mol. The summed E-state index contributed by atoms with van der Waals surface area (Å²) in [6.45, 7) is 16.1. The third-order valence-corrected chi connectivity index (χ3v) is 12.7. The molecule has 1 heterocycles. The molecule has 0 aromatic rings. The summed E-state index contributed by atoms with van der Waals surface area (Å²) in [6.07, 6.45) is 10.5. The first kappa shape index (κ1) is 26.7. The molecule has 1 aliphatic heterocycles. The maximum absolute atomic E-state index is 14.4. The highest BCUT2D eigenvalue weighted by atomic mass is 16.2. The first-order valence-electron chi connectivity index (χ1n) is 14.6. The van der Waals surface area contributed by atoms with Crippen LogP contribution >= 0.6 is 0 Å². The molecule has 37 heavy (non-hydrogen) atoms. The SMILES string of the molecule is CNC(=O)N[C@@]1(C)CC[C@]2(C)CC[C@]3(C)C(=CC(=O)[C@@H]4[C@@]5(C)CCC(=O)NC(C)(C)[C@@H]5CC[C@]43C)[C@@H]2C1. The third-order valence-electron chi connectivity index (χ3n) is 12.7. The van der Waals surface area contributed by atoms with Crippen LogP contribution in [0.5, 0.6) is 0 Å². The largest absolute Gasteiger partial charge is 0.351 e. The smallest absolute Gasteiger partial charge is 0.314 e. The number of amides is 3. The number of rotatable bonds is 1. The summed E-state index contributed by atoms with van der Waals surface area (Å²) in [6, 6.07) is -0.129. The van der Waals surface area contributed by atoms with Crippen LogP contribution in [0.15, 0.2) is 11.6 Å². The van der Waals surface area contributed by atoms with E-state index in [-0.39, 0.29) is 68.2 Å². The Hall–Kier alpha value is -1.85. The molecule has 6 heteroatoms. The lowest BCUT2D eigenvalue weighted by atomic mass is 9.35. The van der Waals surface area contributed by atoms with Gasteiger partial charge in [-0.25, -0.2) is 4.79 Å². The number of ketones is 1. The van der Waals surface area contributed by atoms with Crippen LogP contribution in [0.3, 0.4) is 0 Å². The van der Waals surface area contributed by atoms with Gasteiger partial charge in [-0.05, 0) is 112 Å². The molecular formula is C31H49N3O3. The molecule has 8 atom stereocenters. The molecule has 0 aromatic heterocycles. The van der Waals surface area contributed by atoms with Crippen molar-refractivity contribution in [1.82, 2.24) is 16.0 Å². The standard InChI is InChI=1S/C31H49N3O3/c1-26(2)22-9-12-31(7)24(29(22,5)11-10-23(36)33-26)21(35)17-19-20-18-28(4,34-25(37)32-8)15-13-27(20,3)14-16-30(19,31)6/h17,20,22,24H,9-16,18H2,1-8H3,(H,33,36)(H2,32,34,37)/t20-,22-,24+,27+,28-,29-,30+,31+/m0/s1. The summed E-state index contributed by atoms with van der Waals surface area (Å²) < 4.78 is 0. The fourth-order valence-corrected chi connectivity index (χ4v) is 10.4. The fraction of sp³-hybridized carbons (Fsp3) is 0.839. The monoisotopic (exact) mass is 511 g/mol. The molecule has 1 saturated heterocycles. The van der Waals surface area contributed by atoms with Crippen LogP contribution in [0.4, 0.5) is 4.79 Å². The predicted molar refractivity (Wildman–Crippen MR) is 146 cm³/mol. The second-order valence-electron chi connectivity index (χ2n) is 15.2. The maximum Gasteiger partial charge on any atom is 0.314 e. The minimum atomic E-state index is -0.323. The summed E-state index contributed by atoms with van der Waals surface area (Å²) in [4.78, 5) is 39.4. The Morgan fingerprint density at radius 3 is 2.30 bits per heavy atom. The lowest BCUT2D eigenvalue weighted by Gasteiger charge is -2.69. The molecule has 4 aliphatic carbocycles. The normalized spacial score (nSPS) is 48.6. The van der Waals surface area contributed by atoms with Crippen LogP contribution in [-0.2, 0) is 9.59 Å². The van der Waals surface area contributed by atoms with Crippen molar-refractivity contribution in [2.75, 3.05) is 7.05 Å². The topological polar surface area (TPSA) is 87.3 Å². The van der Waals surface area contributed by atoms with E-state index in [4.69, 9.17) is 0 Å². The average molecular weight is 512 g/mol. The van der Waals surface area contributed by atoms with Gasteiger partial charge in [0.15, 0.2) is 5.78 Å². The Morgan fingerprint density at radius 2 is 1.62 bits per heavy atom. The summed E-state index contributed by atoms with van der Waals surface area (Å²) in [5, 5.41) is 9.27. The zero-order valence-corrected chi connectivity index (χ0v) is 24.4. The molecule has 0 radical (unpaired) electrons. The fourth-order valence-electron chi connectivity index (χ4n) is 10.4. The minimum absolute atomic E-state index is 0.0666. The van der Waals surface area contributed by atoms with Crippen LogP contribution in [-0.4, -0.2) is 35.8 Å². The van der Waals surface area contributed by atoms with Gasteiger partial charge in [-0.15, -0.1) is 0 Å². The first-order chi connectivity index (χ1) is 17.0. The number of urea groups is 1. The quantitative estimate of drug-likeness (QED) is 0.433. The van der Waals surface area contributed by atoms with Gasteiger partial charge in [0.1, 0.15) is 0 Å². The van der Waals surface area contributed by atoms with E-state index in [0.717, 1.165) is 51.4 Å². The van der Waals surface area contributed by atoms with E-state index in [2.05, 4.69) is 70.5 Å². The Morgan fingerprint density at radius 1 is 0.946 bits per heavy atom. The third kappa shape index (κ3) is 3.66. The van der Waals surface area contributed by atoms with Crippen molar-refractivity contribution >= 4 is 17.7 Å². The van der Waals surface area contributed by atoms with E-state index < -0.39 is 0 Å². The first-order valence-corrected chi connectivity index (χ1v) is 14.6. The molecule has 0 bridgehead atoms. The molecule has 3 N–H and O–H groups in total. The van der Waals surface area contributed by atoms with Gasteiger partial charge in [0, 0.05) is 30.5 Å². The Kier molecular flexibility index (Phi) is 5.84. The molecule has 3 saturated carbocycles. The van der Waals surface area contributed by atoms with E-state index in [9.17, 15) is 14.4 Å². The van der Waals surface area contributed by atoms with Crippen molar-refractivity contribution in [3.8, 4) is 0 Å². The van der Waals surface area contributed by atoms with E-state index in [1.165, 1.54) is 5.57 Å². The van der Waals surface area contributed by atoms with Gasteiger partial charge in [-0.3, -0.25) is 9.59 Å². The summed E-state index contributed by atoms with van der Waals surface area (Å²) >= 11 is 0. The van der Waals surface area contributed by atoms with Gasteiger partial charge in [0.2, 0.25) is 5.91 Å². The molecule has 0 spiro atoms. The minimum Gasteiger partial charge on any atom is -0.351 e.